The first-order valence-electron chi connectivity index (χ1n) is 13.8. The van der Waals surface area contributed by atoms with Crippen LogP contribution in [0.5, 0.6) is 5.75 Å². The summed E-state index contributed by atoms with van der Waals surface area (Å²) < 4.78 is 2.36. The van der Waals surface area contributed by atoms with Gasteiger partial charge in [-0.3, -0.25) is 5.32 Å². The van der Waals surface area contributed by atoms with E-state index in [9.17, 15) is 5.11 Å². The zero-order valence-electron chi connectivity index (χ0n) is 21.3. The summed E-state index contributed by atoms with van der Waals surface area (Å²) in [6, 6.07) is 16.0. The zero-order chi connectivity index (χ0) is 23.8. The van der Waals surface area contributed by atoms with Crippen LogP contribution in [0.1, 0.15) is 102 Å². The van der Waals surface area contributed by atoms with Gasteiger partial charge >= 0.3 is 5.95 Å². The van der Waals surface area contributed by atoms with E-state index in [2.05, 4.69) is 46.1 Å². The fraction of sp³-hybridized carbons (Fsp3) is 0.567. The molecule has 0 unspecified atom stereocenters. The third kappa shape index (κ3) is 8.70. The van der Waals surface area contributed by atoms with Crippen LogP contribution in [0.4, 0.5) is 5.95 Å². The van der Waals surface area contributed by atoms with E-state index in [1.807, 2.05) is 18.2 Å². The third-order valence-electron chi connectivity index (χ3n) is 6.89. The molecule has 0 amide bonds. The molecule has 1 heterocycles. The Morgan fingerprint density at radius 1 is 0.706 bits per heavy atom. The van der Waals surface area contributed by atoms with Gasteiger partial charge < -0.3 is 5.11 Å². The lowest BCUT2D eigenvalue weighted by Crippen LogP contribution is -2.36. The highest BCUT2D eigenvalue weighted by Gasteiger charge is 2.17. The fourth-order valence-electron chi connectivity index (χ4n) is 4.81. The molecular formula is C30H46N3O+. The summed E-state index contributed by atoms with van der Waals surface area (Å²) in [4.78, 5) is 3.52. The van der Waals surface area contributed by atoms with Crippen molar-refractivity contribution in [1.82, 2.24) is 4.98 Å². The summed E-state index contributed by atoms with van der Waals surface area (Å²) in [6.45, 7) is 3.89. The van der Waals surface area contributed by atoms with Crippen molar-refractivity contribution in [2.75, 3.05) is 5.32 Å². The summed E-state index contributed by atoms with van der Waals surface area (Å²) in [5.41, 5.74) is 3.29. The van der Waals surface area contributed by atoms with Crippen LogP contribution in [0, 0.1) is 0 Å². The molecule has 0 aliphatic heterocycles. The number of rotatable bonds is 18. The number of aromatic nitrogens is 2. The molecule has 4 nitrogen and oxygen atoms in total. The minimum atomic E-state index is 0.338. The lowest BCUT2D eigenvalue weighted by atomic mass is 10.0. The number of nitrogens with zero attached hydrogens (tertiary/aromatic N) is 1. The Morgan fingerprint density at radius 2 is 1.26 bits per heavy atom. The van der Waals surface area contributed by atoms with Crippen LogP contribution in [-0.2, 0) is 13.1 Å². The van der Waals surface area contributed by atoms with Crippen molar-refractivity contribution in [2.24, 2.45) is 0 Å². The molecule has 4 heteroatoms. The molecule has 0 aliphatic rings. The highest BCUT2D eigenvalue weighted by Crippen LogP contribution is 2.18. The highest BCUT2D eigenvalue weighted by molar-refractivity contribution is 5.72. The summed E-state index contributed by atoms with van der Waals surface area (Å²) in [6.07, 6.45) is 19.3. The average molecular weight is 465 g/mol. The van der Waals surface area contributed by atoms with Gasteiger partial charge in [-0.2, -0.15) is 0 Å². The second-order valence-corrected chi connectivity index (χ2v) is 9.72. The molecule has 3 rings (SSSR count). The molecule has 0 saturated heterocycles. The van der Waals surface area contributed by atoms with Crippen molar-refractivity contribution >= 4 is 17.0 Å². The highest BCUT2D eigenvalue weighted by atomic mass is 16.3. The summed E-state index contributed by atoms with van der Waals surface area (Å²) in [5.74, 6) is 1.35. The molecule has 0 atom stereocenters. The zero-order valence-corrected chi connectivity index (χ0v) is 21.3. The van der Waals surface area contributed by atoms with Crippen LogP contribution >= 0.6 is 0 Å². The lowest BCUT2D eigenvalue weighted by Gasteiger charge is -2.06. The average Bonchev–Trinajstić information content (AvgIpc) is 3.21. The van der Waals surface area contributed by atoms with Crippen molar-refractivity contribution in [3.05, 3.63) is 54.1 Å². The summed E-state index contributed by atoms with van der Waals surface area (Å²) in [5, 5.41) is 13.6. The number of aromatic hydroxyl groups is 1. The minimum absolute atomic E-state index is 0.338. The van der Waals surface area contributed by atoms with Gasteiger partial charge in [0.05, 0.1) is 13.1 Å². The molecule has 34 heavy (non-hydrogen) atoms. The van der Waals surface area contributed by atoms with Gasteiger partial charge in [0.25, 0.3) is 0 Å². The number of hydrogen-bond acceptors (Lipinski definition) is 2. The van der Waals surface area contributed by atoms with Crippen LogP contribution in [0.3, 0.4) is 0 Å². The molecule has 2 aromatic carbocycles. The van der Waals surface area contributed by atoms with E-state index in [0.717, 1.165) is 23.6 Å². The van der Waals surface area contributed by atoms with Crippen LogP contribution < -0.4 is 9.88 Å². The van der Waals surface area contributed by atoms with E-state index >= 15 is 0 Å². The van der Waals surface area contributed by atoms with Crippen molar-refractivity contribution in [3.63, 3.8) is 0 Å². The fourth-order valence-corrected chi connectivity index (χ4v) is 4.81. The van der Waals surface area contributed by atoms with Crippen LogP contribution in [0.15, 0.2) is 48.5 Å². The quantitative estimate of drug-likeness (QED) is 0.131. The van der Waals surface area contributed by atoms with E-state index in [-0.39, 0.29) is 0 Å². The number of unbranched alkanes of at least 4 members (excludes halogenated alkanes) is 13. The first-order valence-corrected chi connectivity index (χ1v) is 13.8. The number of phenols is 1. The predicted octanol–water partition coefficient (Wildman–Crippen LogP) is 8.25. The van der Waals surface area contributed by atoms with Crippen LogP contribution in [-0.4, -0.2) is 10.1 Å². The van der Waals surface area contributed by atoms with Gasteiger partial charge in [-0.1, -0.05) is 121 Å². The molecule has 0 spiro atoms. The number of H-pyrrole nitrogens is 1. The maximum atomic E-state index is 10.1. The van der Waals surface area contributed by atoms with Gasteiger partial charge in [-0.15, -0.1) is 0 Å². The topological polar surface area (TPSA) is 51.9 Å². The maximum absolute atomic E-state index is 10.1. The number of benzene rings is 2. The van der Waals surface area contributed by atoms with Crippen molar-refractivity contribution < 1.29 is 9.67 Å². The molecule has 0 saturated carbocycles. The number of hydrogen-bond donors (Lipinski definition) is 3. The van der Waals surface area contributed by atoms with Crippen molar-refractivity contribution in [1.29, 1.82) is 0 Å². The maximum Gasteiger partial charge on any atom is 0.356 e. The van der Waals surface area contributed by atoms with E-state index in [0.29, 0.717) is 12.3 Å². The first kappa shape index (κ1) is 26.1. The predicted molar refractivity (Wildman–Crippen MR) is 144 cm³/mol. The van der Waals surface area contributed by atoms with Crippen LogP contribution in [0.25, 0.3) is 11.0 Å². The van der Waals surface area contributed by atoms with Crippen LogP contribution in [0.2, 0.25) is 0 Å². The summed E-state index contributed by atoms with van der Waals surface area (Å²) >= 11 is 0. The van der Waals surface area contributed by atoms with E-state index in [4.69, 9.17) is 0 Å². The molecule has 3 N–H and O–H groups in total. The van der Waals surface area contributed by atoms with E-state index < -0.39 is 0 Å². The number of anilines is 1. The van der Waals surface area contributed by atoms with Gasteiger partial charge in [-0.05, 0) is 24.6 Å². The molecule has 3 aromatic rings. The molecule has 0 aliphatic carbocycles. The lowest BCUT2D eigenvalue weighted by molar-refractivity contribution is -0.657. The number of phenolic OH excluding ortho intramolecular Hbond substituents is 1. The number of para-hydroxylation sites is 3. The second-order valence-electron chi connectivity index (χ2n) is 9.72. The Morgan fingerprint density at radius 3 is 1.91 bits per heavy atom. The van der Waals surface area contributed by atoms with Crippen molar-refractivity contribution in [2.45, 2.75) is 110 Å². The largest absolute Gasteiger partial charge is 0.508 e. The van der Waals surface area contributed by atoms with E-state index in [1.165, 1.54) is 95.4 Å². The van der Waals surface area contributed by atoms with Gasteiger partial charge in [0, 0.05) is 5.56 Å². The number of fused-ring (bicyclic) bond motifs is 1. The molecular weight excluding hydrogens is 418 g/mol. The Labute approximate surface area is 206 Å². The van der Waals surface area contributed by atoms with Crippen molar-refractivity contribution in [3.8, 4) is 5.75 Å². The Kier molecular flexibility index (Phi) is 11.8. The van der Waals surface area contributed by atoms with Gasteiger partial charge in [0.15, 0.2) is 0 Å². The third-order valence-corrected chi connectivity index (χ3v) is 6.89. The second kappa shape index (κ2) is 15.4. The summed E-state index contributed by atoms with van der Waals surface area (Å²) in [7, 11) is 0. The smallest absolute Gasteiger partial charge is 0.356 e. The normalized spacial score (nSPS) is 11.3. The molecule has 0 radical (unpaired) electrons. The monoisotopic (exact) mass is 464 g/mol. The number of nitrogens with one attached hydrogen (secondary N) is 2. The molecule has 0 bridgehead atoms. The minimum Gasteiger partial charge on any atom is -0.508 e. The standard InChI is InChI=1S/C30H45N3O/c1-2-3-4-5-6-7-8-9-10-11-12-13-14-19-24-33-28-22-17-16-21-27(28)32-30(33)31-25-26-20-15-18-23-29(26)34/h15-18,20-23H,2-14,19,24-25H2,1H3,(H2,31,32,34)/p+1. The Balaban J connectivity index is 1.34. The van der Waals surface area contributed by atoms with Gasteiger partial charge in [0.1, 0.15) is 16.8 Å². The number of imidazole rings is 1. The Hall–Kier alpha value is -2.49. The number of aryl methyl sites for hydroxylation is 1. The van der Waals surface area contributed by atoms with Gasteiger partial charge in [0.2, 0.25) is 0 Å². The number of aromatic amines is 1. The molecule has 186 valence electrons. The molecule has 1 aromatic heterocycles. The first-order chi connectivity index (χ1) is 16.8. The Bertz CT molecular complexity index is 949. The molecule has 0 fully saturated rings. The van der Waals surface area contributed by atoms with E-state index in [1.54, 1.807) is 6.07 Å². The van der Waals surface area contributed by atoms with Gasteiger partial charge in [-0.25, -0.2) is 9.55 Å². The SMILES string of the molecule is CCCCCCCCCCCCCCCC[n+]1c(NCc2ccccc2O)[nH]c2ccccc21.